The molecule has 36 heavy (non-hydrogen) atoms. The summed E-state index contributed by atoms with van der Waals surface area (Å²) in [6.45, 7) is 3.95. The number of aromatic amines is 1. The molecule has 0 spiro atoms. The number of hydrogen-bond acceptors (Lipinski definition) is 9. The molecule has 1 unspecified atom stereocenters. The summed E-state index contributed by atoms with van der Waals surface area (Å²) in [5.41, 5.74) is -0.228. The van der Waals surface area contributed by atoms with Crippen molar-refractivity contribution in [2.75, 3.05) is 20.2 Å². The Balaban J connectivity index is 1.69. The first-order valence-electron chi connectivity index (χ1n) is 11.3. The standard InChI is InChI=1S/C24H29N3O9/c1-14-11-27(23(31)25-22(14)30)21-10-18(34-16(3)29)20(35-21)13-33-24(32)36-19(12-26(4)15(2)28)17-8-6-5-7-9-17/h5-9,11,18-21H,10,12-13H2,1-4H3,(H,25,30,31)/t18-,19?,20+,21+/m0/s1. The number of rotatable bonds is 8. The molecule has 1 fully saturated rings. The summed E-state index contributed by atoms with van der Waals surface area (Å²) in [5.74, 6) is -0.770. The summed E-state index contributed by atoms with van der Waals surface area (Å²) in [5, 5.41) is 0. The Hall–Kier alpha value is -3.93. The molecule has 1 aromatic heterocycles. The monoisotopic (exact) mass is 503 g/mol. The van der Waals surface area contributed by atoms with Crippen LogP contribution in [0, 0.1) is 6.92 Å². The minimum absolute atomic E-state index is 0.101. The first-order valence-corrected chi connectivity index (χ1v) is 11.3. The quantitative estimate of drug-likeness (QED) is 0.529. The molecule has 0 radical (unpaired) electrons. The van der Waals surface area contributed by atoms with Gasteiger partial charge in [-0.25, -0.2) is 9.59 Å². The van der Waals surface area contributed by atoms with Gasteiger partial charge in [0.2, 0.25) is 5.91 Å². The van der Waals surface area contributed by atoms with E-state index < -0.39 is 47.9 Å². The van der Waals surface area contributed by atoms with E-state index in [1.165, 1.54) is 36.4 Å². The first-order chi connectivity index (χ1) is 17.0. The lowest BCUT2D eigenvalue weighted by Crippen LogP contribution is -2.34. The number of aromatic nitrogens is 2. The Morgan fingerprint density at radius 1 is 1.19 bits per heavy atom. The van der Waals surface area contributed by atoms with E-state index in [2.05, 4.69) is 4.98 Å². The number of amides is 1. The molecule has 12 heteroatoms. The minimum atomic E-state index is -1.01. The number of ether oxygens (including phenoxy) is 4. The number of nitrogens with zero attached hydrogens (tertiary/aromatic N) is 2. The predicted octanol–water partition coefficient (Wildman–Crippen LogP) is 1.44. The lowest BCUT2D eigenvalue weighted by Gasteiger charge is -2.24. The minimum Gasteiger partial charge on any atom is -0.459 e. The summed E-state index contributed by atoms with van der Waals surface area (Å²) < 4.78 is 23.1. The Morgan fingerprint density at radius 3 is 2.53 bits per heavy atom. The van der Waals surface area contributed by atoms with Crippen molar-refractivity contribution in [2.45, 2.75) is 51.7 Å². The fourth-order valence-corrected chi connectivity index (χ4v) is 3.71. The van der Waals surface area contributed by atoms with Crippen molar-refractivity contribution in [3.8, 4) is 0 Å². The van der Waals surface area contributed by atoms with Crippen LogP contribution in [0.4, 0.5) is 4.79 Å². The number of nitrogens with one attached hydrogen (secondary N) is 1. The second kappa shape index (κ2) is 11.7. The maximum Gasteiger partial charge on any atom is 0.509 e. The number of carbonyl (C=O) groups excluding carboxylic acids is 3. The third-order valence-corrected chi connectivity index (χ3v) is 5.71. The van der Waals surface area contributed by atoms with Crippen LogP contribution in [0.25, 0.3) is 0 Å². The number of esters is 1. The zero-order valence-corrected chi connectivity index (χ0v) is 20.5. The number of aryl methyl sites for hydroxylation is 1. The van der Waals surface area contributed by atoms with E-state index in [0.717, 1.165) is 0 Å². The van der Waals surface area contributed by atoms with Gasteiger partial charge in [0, 0.05) is 39.1 Å². The average molecular weight is 504 g/mol. The van der Waals surface area contributed by atoms with E-state index in [1.807, 2.05) is 6.07 Å². The Morgan fingerprint density at radius 2 is 1.89 bits per heavy atom. The largest absolute Gasteiger partial charge is 0.509 e. The van der Waals surface area contributed by atoms with E-state index in [-0.39, 0.29) is 25.5 Å². The van der Waals surface area contributed by atoms with Crippen molar-refractivity contribution >= 4 is 18.0 Å². The molecule has 4 atom stereocenters. The van der Waals surface area contributed by atoms with Crippen molar-refractivity contribution in [1.82, 2.24) is 14.5 Å². The lowest BCUT2D eigenvalue weighted by atomic mass is 10.1. The Kier molecular flexibility index (Phi) is 8.64. The van der Waals surface area contributed by atoms with Crippen LogP contribution in [0.2, 0.25) is 0 Å². The molecule has 3 rings (SSSR count). The summed E-state index contributed by atoms with van der Waals surface area (Å²) in [6, 6.07) is 8.89. The lowest BCUT2D eigenvalue weighted by molar-refractivity contribution is -0.150. The third-order valence-electron chi connectivity index (χ3n) is 5.71. The van der Waals surface area contributed by atoms with Crippen molar-refractivity contribution in [3.05, 3.63) is 68.5 Å². The molecular weight excluding hydrogens is 474 g/mol. The van der Waals surface area contributed by atoms with Gasteiger partial charge in [-0.1, -0.05) is 30.3 Å². The number of carbonyl (C=O) groups is 3. The zero-order valence-electron chi connectivity index (χ0n) is 20.5. The molecule has 0 bridgehead atoms. The van der Waals surface area contributed by atoms with Crippen molar-refractivity contribution < 1.29 is 33.3 Å². The molecule has 2 heterocycles. The van der Waals surface area contributed by atoms with Crippen LogP contribution in [0.15, 0.2) is 46.1 Å². The normalized spacial score (nSPS) is 19.8. The zero-order chi connectivity index (χ0) is 26.4. The van der Waals surface area contributed by atoms with Gasteiger partial charge in [-0.15, -0.1) is 0 Å². The maximum absolute atomic E-state index is 12.5. The van der Waals surface area contributed by atoms with Crippen LogP contribution in [0.5, 0.6) is 0 Å². The van der Waals surface area contributed by atoms with Crippen molar-refractivity contribution in [3.63, 3.8) is 0 Å². The molecule has 1 aliphatic heterocycles. The maximum atomic E-state index is 12.5. The fourth-order valence-electron chi connectivity index (χ4n) is 3.71. The summed E-state index contributed by atoms with van der Waals surface area (Å²) >= 11 is 0. The van der Waals surface area contributed by atoms with Crippen LogP contribution >= 0.6 is 0 Å². The van der Waals surface area contributed by atoms with Gasteiger partial charge in [0.1, 0.15) is 31.1 Å². The second-order valence-electron chi connectivity index (χ2n) is 8.47. The summed E-state index contributed by atoms with van der Waals surface area (Å²) in [6.07, 6.45) is -2.89. The van der Waals surface area contributed by atoms with Gasteiger partial charge in [0.25, 0.3) is 5.56 Å². The van der Waals surface area contributed by atoms with E-state index in [0.29, 0.717) is 11.1 Å². The first kappa shape index (κ1) is 26.7. The van der Waals surface area contributed by atoms with Gasteiger partial charge >= 0.3 is 17.8 Å². The van der Waals surface area contributed by atoms with E-state index in [4.69, 9.17) is 18.9 Å². The number of hydrogen-bond donors (Lipinski definition) is 1. The van der Waals surface area contributed by atoms with Gasteiger partial charge in [0.15, 0.2) is 0 Å². The highest BCUT2D eigenvalue weighted by atomic mass is 16.7. The molecule has 1 amide bonds. The van der Waals surface area contributed by atoms with Gasteiger partial charge < -0.3 is 23.8 Å². The average Bonchev–Trinajstić information content (AvgIpc) is 3.21. The molecule has 1 N–H and O–H groups in total. The number of benzene rings is 1. The smallest absolute Gasteiger partial charge is 0.459 e. The van der Waals surface area contributed by atoms with Crippen molar-refractivity contribution in [1.29, 1.82) is 0 Å². The molecule has 194 valence electrons. The van der Waals surface area contributed by atoms with Crippen LogP contribution < -0.4 is 11.2 Å². The van der Waals surface area contributed by atoms with Gasteiger partial charge in [-0.05, 0) is 12.5 Å². The Labute approximate surface area is 206 Å². The fraction of sp³-hybridized carbons (Fsp3) is 0.458. The van der Waals surface area contributed by atoms with Crippen LogP contribution in [-0.2, 0) is 28.5 Å². The van der Waals surface area contributed by atoms with Gasteiger partial charge in [0.05, 0.1) is 6.54 Å². The van der Waals surface area contributed by atoms with Crippen LogP contribution in [0.3, 0.4) is 0 Å². The SMILES string of the molecule is CC(=O)O[C@H]1C[C@H](n2cc(C)c(=O)[nH]c2=O)O[C@@H]1COC(=O)OC(CN(C)C(C)=O)c1ccccc1. The van der Waals surface area contributed by atoms with E-state index in [1.54, 1.807) is 31.3 Å². The summed E-state index contributed by atoms with van der Waals surface area (Å²) in [4.78, 5) is 63.4. The molecule has 1 aliphatic rings. The highest BCUT2D eigenvalue weighted by Crippen LogP contribution is 2.30. The number of H-pyrrole nitrogens is 1. The van der Waals surface area contributed by atoms with E-state index in [9.17, 15) is 24.0 Å². The molecule has 1 saturated heterocycles. The molecule has 2 aromatic rings. The Bertz CT molecular complexity index is 1210. The summed E-state index contributed by atoms with van der Waals surface area (Å²) in [7, 11) is 1.59. The van der Waals surface area contributed by atoms with Gasteiger partial charge in [-0.2, -0.15) is 0 Å². The molecule has 12 nitrogen and oxygen atoms in total. The molecule has 0 saturated carbocycles. The van der Waals surface area contributed by atoms with Crippen LogP contribution in [0.1, 0.15) is 43.7 Å². The van der Waals surface area contributed by atoms with Gasteiger partial charge in [-0.3, -0.25) is 23.9 Å². The topological polar surface area (TPSA) is 146 Å². The highest BCUT2D eigenvalue weighted by molar-refractivity contribution is 5.73. The van der Waals surface area contributed by atoms with E-state index >= 15 is 0 Å². The van der Waals surface area contributed by atoms with Crippen molar-refractivity contribution in [2.24, 2.45) is 0 Å². The molecule has 1 aromatic carbocycles. The predicted molar refractivity (Wildman–Crippen MR) is 125 cm³/mol. The van der Waals surface area contributed by atoms with Crippen LogP contribution in [-0.4, -0.2) is 64.9 Å². The highest BCUT2D eigenvalue weighted by Gasteiger charge is 2.40. The molecule has 0 aliphatic carbocycles. The molecular formula is C24H29N3O9. The second-order valence-corrected chi connectivity index (χ2v) is 8.47. The number of likely N-dealkylation sites (N-methyl/N-ethyl adjacent to an activating group) is 1. The third kappa shape index (κ3) is 6.81.